The number of aromatic hydroxyl groups is 1. The van der Waals surface area contributed by atoms with Gasteiger partial charge in [0.1, 0.15) is 5.75 Å². The molecule has 0 aromatic heterocycles. The fourth-order valence-corrected chi connectivity index (χ4v) is 2.22. The van der Waals surface area contributed by atoms with E-state index in [-0.39, 0.29) is 5.75 Å². The molecule has 0 saturated carbocycles. The van der Waals surface area contributed by atoms with Crippen LogP contribution in [0.25, 0.3) is 0 Å². The number of benzene rings is 1. The molecular weight excluding hydrogens is 270 g/mol. The molecule has 21 heavy (non-hydrogen) atoms. The molecule has 1 heterocycles. The van der Waals surface area contributed by atoms with E-state index in [1.54, 1.807) is 23.1 Å². The van der Waals surface area contributed by atoms with Gasteiger partial charge in [0.2, 0.25) is 0 Å². The molecule has 1 saturated heterocycles. The molecular formula is C15H19N3O3. The van der Waals surface area contributed by atoms with Gasteiger partial charge in [-0.1, -0.05) is 25.0 Å². The van der Waals surface area contributed by atoms with Crippen molar-refractivity contribution < 1.29 is 14.7 Å². The first-order valence-electron chi connectivity index (χ1n) is 7.09. The molecule has 2 rings (SSSR count). The van der Waals surface area contributed by atoms with Crippen molar-refractivity contribution in [3.63, 3.8) is 0 Å². The minimum absolute atomic E-state index is 0.0642. The van der Waals surface area contributed by atoms with E-state index in [0.717, 1.165) is 25.7 Å². The topological polar surface area (TPSA) is 82.0 Å². The summed E-state index contributed by atoms with van der Waals surface area (Å²) in [5, 5.41) is 13.3. The van der Waals surface area contributed by atoms with E-state index >= 15 is 0 Å². The lowest BCUT2D eigenvalue weighted by atomic mass is 10.2. The Kier molecular flexibility index (Phi) is 5.31. The summed E-state index contributed by atoms with van der Waals surface area (Å²) in [5.41, 5.74) is 2.68. The fraction of sp³-hybridized carbons (Fsp3) is 0.400. The summed E-state index contributed by atoms with van der Waals surface area (Å²) in [6, 6.07) is 6.60. The normalized spacial score (nSPS) is 15.7. The van der Waals surface area contributed by atoms with Crippen molar-refractivity contribution in [2.45, 2.75) is 25.7 Å². The van der Waals surface area contributed by atoms with Gasteiger partial charge in [-0.3, -0.25) is 9.59 Å². The number of nitrogens with zero attached hydrogens (tertiary/aromatic N) is 2. The van der Waals surface area contributed by atoms with Crippen LogP contribution in [0.5, 0.6) is 5.75 Å². The van der Waals surface area contributed by atoms with Gasteiger partial charge in [-0.05, 0) is 25.0 Å². The van der Waals surface area contributed by atoms with Crippen LogP contribution in [-0.4, -0.2) is 41.1 Å². The van der Waals surface area contributed by atoms with Gasteiger partial charge in [0, 0.05) is 18.7 Å². The molecule has 0 atom stereocenters. The zero-order chi connectivity index (χ0) is 15.1. The molecule has 112 valence electrons. The van der Waals surface area contributed by atoms with E-state index in [1.165, 1.54) is 12.3 Å². The van der Waals surface area contributed by atoms with Gasteiger partial charge in [-0.15, -0.1) is 0 Å². The summed E-state index contributed by atoms with van der Waals surface area (Å²) in [4.78, 5) is 25.3. The molecule has 0 unspecified atom stereocenters. The Bertz CT molecular complexity index is 535. The summed E-state index contributed by atoms with van der Waals surface area (Å²) in [6.45, 7) is 1.24. The van der Waals surface area contributed by atoms with E-state index in [9.17, 15) is 14.7 Å². The molecule has 1 aliphatic rings. The van der Waals surface area contributed by atoms with E-state index in [0.29, 0.717) is 18.7 Å². The molecule has 6 heteroatoms. The maximum absolute atomic E-state index is 12.0. The van der Waals surface area contributed by atoms with Crippen LogP contribution < -0.4 is 5.43 Å². The second kappa shape index (κ2) is 7.42. The monoisotopic (exact) mass is 289 g/mol. The number of hydrogen-bond donors (Lipinski definition) is 2. The van der Waals surface area contributed by atoms with Gasteiger partial charge < -0.3 is 10.0 Å². The third-order valence-corrected chi connectivity index (χ3v) is 3.39. The van der Waals surface area contributed by atoms with Crippen molar-refractivity contribution in [1.29, 1.82) is 0 Å². The number of amides is 2. The number of para-hydroxylation sites is 1. The minimum atomic E-state index is -0.747. The maximum Gasteiger partial charge on any atom is 0.329 e. The molecule has 2 N–H and O–H groups in total. The Morgan fingerprint density at radius 2 is 1.81 bits per heavy atom. The summed E-state index contributed by atoms with van der Waals surface area (Å²) in [7, 11) is 0. The lowest BCUT2D eigenvalue weighted by Gasteiger charge is -2.18. The molecule has 0 bridgehead atoms. The van der Waals surface area contributed by atoms with Crippen molar-refractivity contribution >= 4 is 18.0 Å². The fourth-order valence-electron chi connectivity index (χ4n) is 2.22. The molecule has 1 aromatic rings. The van der Waals surface area contributed by atoms with E-state index < -0.39 is 11.8 Å². The standard InChI is InChI=1S/C15H19N3O3/c19-13-8-4-3-7-12(13)11-16-17-14(20)15(21)18-9-5-1-2-6-10-18/h3-4,7-8,11,19H,1-2,5-6,9-10H2,(H,17,20)/b16-11-. The van der Waals surface area contributed by atoms with Crippen LogP contribution in [0.3, 0.4) is 0 Å². The van der Waals surface area contributed by atoms with Crippen molar-refractivity contribution in [2.24, 2.45) is 5.10 Å². The van der Waals surface area contributed by atoms with Crippen molar-refractivity contribution in [1.82, 2.24) is 10.3 Å². The highest BCUT2D eigenvalue weighted by Gasteiger charge is 2.22. The highest BCUT2D eigenvalue weighted by molar-refractivity contribution is 6.35. The van der Waals surface area contributed by atoms with Gasteiger partial charge in [-0.25, -0.2) is 5.43 Å². The van der Waals surface area contributed by atoms with Crippen molar-refractivity contribution in [2.75, 3.05) is 13.1 Å². The first-order valence-corrected chi connectivity index (χ1v) is 7.09. The first kappa shape index (κ1) is 15.0. The first-order chi connectivity index (χ1) is 10.2. The molecule has 0 radical (unpaired) electrons. The third-order valence-electron chi connectivity index (χ3n) is 3.39. The van der Waals surface area contributed by atoms with Gasteiger partial charge in [-0.2, -0.15) is 5.10 Å². The number of carbonyl (C=O) groups excluding carboxylic acids is 2. The van der Waals surface area contributed by atoms with E-state index in [2.05, 4.69) is 10.5 Å². The van der Waals surface area contributed by atoms with E-state index in [4.69, 9.17) is 0 Å². The maximum atomic E-state index is 12.0. The number of phenols is 1. The van der Waals surface area contributed by atoms with Gasteiger partial charge >= 0.3 is 11.8 Å². The second-order valence-corrected chi connectivity index (χ2v) is 4.96. The minimum Gasteiger partial charge on any atom is -0.507 e. The van der Waals surface area contributed by atoms with Crippen LogP contribution >= 0.6 is 0 Å². The van der Waals surface area contributed by atoms with Crippen LogP contribution in [0.1, 0.15) is 31.2 Å². The summed E-state index contributed by atoms with van der Waals surface area (Å²) in [6.07, 6.45) is 5.36. The molecule has 0 aliphatic carbocycles. The lowest BCUT2D eigenvalue weighted by Crippen LogP contribution is -2.41. The lowest BCUT2D eigenvalue weighted by molar-refractivity contribution is -0.145. The van der Waals surface area contributed by atoms with Crippen LogP contribution in [-0.2, 0) is 9.59 Å². The Labute approximate surface area is 123 Å². The second-order valence-electron chi connectivity index (χ2n) is 4.96. The SMILES string of the molecule is O=C(N/N=C\c1ccccc1O)C(=O)N1CCCCCC1. The number of rotatable bonds is 2. The quantitative estimate of drug-likeness (QED) is 0.488. The number of nitrogens with one attached hydrogen (secondary N) is 1. The number of hydrogen-bond acceptors (Lipinski definition) is 4. The summed E-state index contributed by atoms with van der Waals surface area (Å²) in [5.74, 6) is -1.23. The van der Waals surface area contributed by atoms with Gasteiger partial charge in [0.25, 0.3) is 0 Å². The summed E-state index contributed by atoms with van der Waals surface area (Å²) >= 11 is 0. The highest BCUT2D eigenvalue weighted by Crippen LogP contribution is 2.12. The Morgan fingerprint density at radius 1 is 1.14 bits per heavy atom. The van der Waals surface area contributed by atoms with Crippen LogP contribution in [0, 0.1) is 0 Å². The predicted octanol–water partition coefficient (Wildman–Crippen LogP) is 1.24. The molecule has 1 fully saturated rings. The third kappa shape index (κ3) is 4.30. The Morgan fingerprint density at radius 3 is 2.48 bits per heavy atom. The highest BCUT2D eigenvalue weighted by atomic mass is 16.3. The molecule has 6 nitrogen and oxygen atoms in total. The average Bonchev–Trinajstić information content (AvgIpc) is 2.77. The number of phenolic OH excluding ortho intramolecular Hbond substituents is 1. The number of likely N-dealkylation sites (tertiary alicyclic amines) is 1. The number of hydrazone groups is 1. The molecule has 0 spiro atoms. The smallest absolute Gasteiger partial charge is 0.329 e. The zero-order valence-corrected chi connectivity index (χ0v) is 11.8. The molecule has 1 aromatic carbocycles. The Balaban J connectivity index is 1.89. The number of carbonyl (C=O) groups is 2. The molecule has 1 aliphatic heterocycles. The van der Waals surface area contributed by atoms with Gasteiger partial charge in [0.05, 0.1) is 6.21 Å². The van der Waals surface area contributed by atoms with Crippen molar-refractivity contribution in [3.05, 3.63) is 29.8 Å². The molecule has 2 amide bonds. The van der Waals surface area contributed by atoms with Crippen LogP contribution in [0.4, 0.5) is 0 Å². The van der Waals surface area contributed by atoms with Crippen LogP contribution in [0.15, 0.2) is 29.4 Å². The Hall–Kier alpha value is -2.37. The van der Waals surface area contributed by atoms with E-state index in [1.807, 2.05) is 0 Å². The largest absolute Gasteiger partial charge is 0.507 e. The predicted molar refractivity (Wildman–Crippen MR) is 78.9 cm³/mol. The summed E-state index contributed by atoms with van der Waals surface area (Å²) < 4.78 is 0. The van der Waals surface area contributed by atoms with Gasteiger partial charge in [0.15, 0.2) is 0 Å². The van der Waals surface area contributed by atoms with Crippen molar-refractivity contribution in [3.8, 4) is 5.75 Å². The zero-order valence-electron chi connectivity index (χ0n) is 11.8. The average molecular weight is 289 g/mol. The van der Waals surface area contributed by atoms with Crippen LogP contribution in [0.2, 0.25) is 0 Å².